The zero-order valence-electron chi connectivity index (χ0n) is 17.1. The Labute approximate surface area is 174 Å². The fourth-order valence-corrected chi connectivity index (χ4v) is 5.70. The first-order valence-corrected chi connectivity index (χ1v) is 12.4. The number of hydrogen-bond donors (Lipinski definition) is 1. The molecule has 1 N–H and O–H groups in total. The number of aromatic amines is 1. The minimum atomic E-state index is -3.47. The van der Waals surface area contributed by atoms with Crippen molar-refractivity contribution in [3.63, 3.8) is 0 Å². The molecule has 2 aromatic rings. The lowest BCUT2D eigenvalue weighted by molar-refractivity contribution is 0.103. The summed E-state index contributed by atoms with van der Waals surface area (Å²) in [6.07, 6.45) is 3.05. The molecule has 0 aliphatic heterocycles. The van der Waals surface area contributed by atoms with E-state index < -0.39 is 9.84 Å². The van der Waals surface area contributed by atoms with E-state index in [1.54, 1.807) is 14.0 Å². The third-order valence-electron chi connectivity index (χ3n) is 4.98. The molecule has 1 aromatic carbocycles. The molecule has 1 heterocycles. The molecule has 7 nitrogen and oxygen atoms in total. The highest BCUT2D eigenvalue weighted by molar-refractivity contribution is 8.00. The highest BCUT2D eigenvalue weighted by Crippen LogP contribution is 2.41. The topological polar surface area (TPSA) is 98.2 Å². The number of aromatic nitrogens is 2. The van der Waals surface area contributed by atoms with Gasteiger partial charge in [-0.25, -0.2) is 8.42 Å². The maximum Gasteiger partial charge on any atom is 0.277 e. The van der Waals surface area contributed by atoms with Gasteiger partial charge in [0.05, 0.1) is 17.2 Å². The second-order valence-corrected chi connectivity index (χ2v) is 10.3. The van der Waals surface area contributed by atoms with E-state index in [-0.39, 0.29) is 27.7 Å². The summed E-state index contributed by atoms with van der Waals surface area (Å²) >= 11 is 1.35. The Morgan fingerprint density at radius 2 is 2.03 bits per heavy atom. The molecule has 29 heavy (non-hydrogen) atoms. The number of H-pyrrole nitrogens is 1. The molecule has 1 aliphatic carbocycles. The highest BCUT2D eigenvalue weighted by Gasteiger charge is 2.34. The van der Waals surface area contributed by atoms with Gasteiger partial charge in [0.2, 0.25) is 5.78 Å². The number of nitrogens with zero attached hydrogens (tertiary/aromatic N) is 1. The van der Waals surface area contributed by atoms with Crippen molar-refractivity contribution in [2.24, 2.45) is 7.05 Å². The quantitative estimate of drug-likeness (QED) is 0.367. The summed E-state index contributed by atoms with van der Waals surface area (Å²) in [4.78, 5) is 26.7. The van der Waals surface area contributed by atoms with Crippen LogP contribution in [-0.4, -0.2) is 49.2 Å². The predicted molar refractivity (Wildman–Crippen MR) is 113 cm³/mol. The Morgan fingerprint density at radius 1 is 1.34 bits per heavy atom. The second kappa shape index (κ2) is 8.49. The van der Waals surface area contributed by atoms with Crippen LogP contribution in [-0.2, 0) is 21.6 Å². The lowest BCUT2D eigenvalue weighted by Gasteiger charge is -2.14. The normalized spacial score (nSPS) is 14.3. The van der Waals surface area contributed by atoms with Gasteiger partial charge in [-0.3, -0.25) is 19.4 Å². The van der Waals surface area contributed by atoms with Gasteiger partial charge in [-0.15, -0.1) is 11.8 Å². The lowest BCUT2D eigenvalue weighted by atomic mass is 9.98. The van der Waals surface area contributed by atoms with Crippen LogP contribution in [0.4, 0.5) is 0 Å². The first-order chi connectivity index (χ1) is 13.7. The summed E-state index contributed by atoms with van der Waals surface area (Å²) in [6, 6.07) is 2.98. The summed E-state index contributed by atoms with van der Waals surface area (Å²) in [5.74, 6) is 0.408. The summed E-state index contributed by atoms with van der Waals surface area (Å²) in [5.41, 5.74) is 1.42. The molecule has 9 heteroatoms. The highest BCUT2D eigenvalue weighted by atomic mass is 32.2. The van der Waals surface area contributed by atoms with E-state index in [0.717, 1.165) is 19.1 Å². The Morgan fingerprint density at radius 3 is 2.62 bits per heavy atom. The fourth-order valence-electron chi connectivity index (χ4n) is 3.32. The van der Waals surface area contributed by atoms with Crippen LogP contribution in [0.2, 0.25) is 0 Å². The number of ketones is 1. The largest absolute Gasteiger partial charge is 0.381 e. The first-order valence-electron chi connectivity index (χ1n) is 9.54. The van der Waals surface area contributed by atoms with Gasteiger partial charge in [-0.1, -0.05) is 0 Å². The van der Waals surface area contributed by atoms with E-state index >= 15 is 0 Å². The number of benzene rings is 1. The van der Waals surface area contributed by atoms with Gasteiger partial charge in [-0.2, -0.15) is 0 Å². The number of carbonyl (C=O) groups excluding carboxylic acids is 1. The number of hydrogen-bond acceptors (Lipinski definition) is 6. The van der Waals surface area contributed by atoms with Gasteiger partial charge in [0, 0.05) is 42.0 Å². The Bertz CT molecular complexity index is 1090. The molecule has 0 atom stereocenters. The molecule has 3 rings (SSSR count). The Kier molecular flexibility index (Phi) is 6.40. The van der Waals surface area contributed by atoms with Gasteiger partial charge >= 0.3 is 0 Å². The SMILES string of the molecule is CCOCCSc1c(S(C)(=O)=O)ccc(C(=O)c2c(C3CC3)[nH]n(C)c2=O)c1C. The molecule has 0 amide bonds. The van der Waals surface area contributed by atoms with Crippen LogP contribution in [0.3, 0.4) is 0 Å². The molecular formula is C20H26N2O5S2. The van der Waals surface area contributed by atoms with Crippen LogP contribution in [0.5, 0.6) is 0 Å². The average Bonchev–Trinajstić information content (AvgIpc) is 3.45. The number of ether oxygens (including phenoxy) is 1. The predicted octanol–water partition coefficient (Wildman–Crippen LogP) is 2.66. The third kappa shape index (κ3) is 4.51. The zero-order chi connectivity index (χ0) is 21.3. The smallest absolute Gasteiger partial charge is 0.277 e. The second-order valence-electron chi connectivity index (χ2n) is 7.25. The van der Waals surface area contributed by atoms with Crippen LogP contribution in [0, 0.1) is 6.92 Å². The van der Waals surface area contributed by atoms with Crippen LogP contribution in [0.15, 0.2) is 26.7 Å². The summed E-state index contributed by atoms with van der Waals surface area (Å²) < 4.78 is 31.2. The van der Waals surface area contributed by atoms with Crippen molar-refractivity contribution in [3.05, 3.63) is 44.9 Å². The van der Waals surface area contributed by atoms with Crippen molar-refractivity contribution in [1.29, 1.82) is 0 Å². The monoisotopic (exact) mass is 438 g/mol. The summed E-state index contributed by atoms with van der Waals surface area (Å²) in [6.45, 7) is 4.69. The molecule has 1 aliphatic rings. The lowest BCUT2D eigenvalue weighted by Crippen LogP contribution is -2.20. The van der Waals surface area contributed by atoms with E-state index in [0.29, 0.717) is 40.7 Å². The van der Waals surface area contributed by atoms with Crippen LogP contribution < -0.4 is 5.56 Å². The maximum absolute atomic E-state index is 13.3. The van der Waals surface area contributed by atoms with Crippen LogP contribution in [0.25, 0.3) is 0 Å². The molecule has 158 valence electrons. The molecule has 0 radical (unpaired) electrons. The Hall–Kier alpha value is -1.84. The summed E-state index contributed by atoms with van der Waals surface area (Å²) in [7, 11) is -1.87. The maximum atomic E-state index is 13.3. The van der Waals surface area contributed by atoms with Crippen molar-refractivity contribution in [2.45, 2.75) is 42.4 Å². The van der Waals surface area contributed by atoms with E-state index in [9.17, 15) is 18.0 Å². The van der Waals surface area contributed by atoms with Gasteiger partial charge in [0.25, 0.3) is 5.56 Å². The van der Waals surface area contributed by atoms with Gasteiger partial charge < -0.3 is 4.74 Å². The minimum Gasteiger partial charge on any atom is -0.381 e. The molecule has 1 aromatic heterocycles. The molecule has 0 bridgehead atoms. The fraction of sp³-hybridized carbons (Fsp3) is 0.500. The van der Waals surface area contributed by atoms with Crippen molar-refractivity contribution in [3.8, 4) is 0 Å². The van der Waals surface area contributed by atoms with E-state index in [2.05, 4.69) is 5.10 Å². The number of aryl methyl sites for hydroxylation is 1. The number of thioether (sulfide) groups is 1. The molecule has 0 saturated heterocycles. The van der Waals surface area contributed by atoms with E-state index in [1.807, 2.05) is 6.92 Å². The number of rotatable bonds is 9. The van der Waals surface area contributed by atoms with Gasteiger partial charge in [0.1, 0.15) is 5.56 Å². The third-order valence-corrected chi connectivity index (χ3v) is 7.43. The van der Waals surface area contributed by atoms with Gasteiger partial charge in [0.15, 0.2) is 9.84 Å². The van der Waals surface area contributed by atoms with Crippen LogP contribution in [0.1, 0.15) is 52.9 Å². The van der Waals surface area contributed by atoms with E-state index in [4.69, 9.17) is 4.74 Å². The standard InChI is InChI=1S/C20H26N2O5S2/c1-5-27-10-11-28-19-12(2)14(8-9-15(19)29(4,25)26)18(23)16-17(13-6-7-13)21-22(3)20(16)24/h8-9,13,21H,5-7,10-11H2,1-4H3. The Balaban J connectivity index is 2.06. The zero-order valence-corrected chi connectivity index (χ0v) is 18.7. The van der Waals surface area contributed by atoms with Crippen molar-refractivity contribution >= 4 is 27.4 Å². The van der Waals surface area contributed by atoms with Crippen molar-refractivity contribution in [2.75, 3.05) is 25.2 Å². The molecule has 0 unspecified atom stereocenters. The summed E-state index contributed by atoms with van der Waals surface area (Å²) in [5, 5.41) is 3.01. The molecule has 0 spiro atoms. The number of sulfone groups is 1. The molecule has 1 fully saturated rings. The number of carbonyl (C=O) groups is 1. The van der Waals surface area contributed by atoms with Crippen molar-refractivity contribution < 1.29 is 17.9 Å². The minimum absolute atomic E-state index is 0.162. The number of nitrogens with one attached hydrogen (secondary N) is 1. The first kappa shape index (κ1) is 21.9. The molecule has 1 saturated carbocycles. The van der Waals surface area contributed by atoms with Crippen LogP contribution >= 0.6 is 11.8 Å². The molecular weight excluding hydrogens is 412 g/mol. The van der Waals surface area contributed by atoms with E-state index in [1.165, 1.54) is 28.6 Å². The van der Waals surface area contributed by atoms with Gasteiger partial charge in [-0.05, 0) is 44.4 Å². The average molecular weight is 439 g/mol. The van der Waals surface area contributed by atoms with Crippen molar-refractivity contribution in [1.82, 2.24) is 9.78 Å².